The van der Waals surface area contributed by atoms with E-state index in [1.807, 2.05) is 0 Å². The van der Waals surface area contributed by atoms with Crippen LogP contribution in [0.15, 0.2) is 12.1 Å². The SMILES string of the molecule is Nc1cc(F)c(F)cc1C(O)O. The van der Waals surface area contributed by atoms with Gasteiger partial charge in [-0.2, -0.15) is 0 Å². The first-order chi connectivity index (χ1) is 5.52. The van der Waals surface area contributed by atoms with Crippen molar-refractivity contribution >= 4 is 5.69 Å². The van der Waals surface area contributed by atoms with Crippen molar-refractivity contribution in [3.8, 4) is 0 Å². The first kappa shape index (κ1) is 8.89. The van der Waals surface area contributed by atoms with Crippen LogP contribution in [0, 0.1) is 11.6 Å². The van der Waals surface area contributed by atoms with Crippen LogP contribution in [-0.4, -0.2) is 10.2 Å². The molecule has 0 spiro atoms. The second-order valence-electron chi connectivity index (χ2n) is 2.27. The van der Waals surface area contributed by atoms with Crippen LogP contribution in [-0.2, 0) is 0 Å². The molecule has 0 aliphatic rings. The normalized spacial score (nSPS) is 10.8. The highest BCUT2D eigenvalue weighted by molar-refractivity contribution is 5.47. The van der Waals surface area contributed by atoms with Crippen molar-refractivity contribution < 1.29 is 19.0 Å². The molecule has 0 radical (unpaired) electrons. The van der Waals surface area contributed by atoms with Crippen LogP contribution in [0.1, 0.15) is 11.9 Å². The average Bonchev–Trinajstić information content (AvgIpc) is 1.96. The average molecular weight is 175 g/mol. The van der Waals surface area contributed by atoms with Crippen molar-refractivity contribution in [2.75, 3.05) is 5.73 Å². The van der Waals surface area contributed by atoms with E-state index >= 15 is 0 Å². The minimum Gasteiger partial charge on any atom is -0.398 e. The molecule has 1 aromatic carbocycles. The molecule has 1 rings (SSSR count). The maximum Gasteiger partial charge on any atom is 0.180 e. The van der Waals surface area contributed by atoms with Crippen LogP contribution < -0.4 is 5.73 Å². The topological polar surface area (TPSA) is 66.5 Å². The molecular formula is C7H7F2NO2. The van der Waals surface area contributed by atoms with E-state index < -0.39 is 17.9 Å². The van der Waals surface area contributed by atoms with E-state index in [2.05, 4.69) is 0 Å². The Morgan fingerprint density at radius 1 is 1.17 bits per heavy atom. The van der Waals surface area contributed by atoms with E-state index in [1.165, 1.54) is 0 Å². The molecule has 0 atom stereocenters. The van der Waals surface area contributed by atoms with Crippen LogP contribution in [0.3, 0.4) is 0 Å². The van der Waals surface area contributed by atoms with Crippen LogP contribution in [0.25, 0.3) is 0 Å². The summed E-state index contributed by atoms with van der Waals surface area (Å²) in [5, 5.41) is 17.2. The monoisotopic (exact) mass is 175 g/mol. The summed E-state index contributed by atoms with van der Waals surface area (Å²) in [6.07, 6.45) is -1.89. The predicted molar refractivity (Wildman–Crippen MR) is 37.9 cm³/mol. The molecule has 0 amide bonds. The number of halogens is 2. The molecule has 0 saturated heterocycles. The van der Waals surface area contributed by atoms with Gasteiger partial charge in [-0.25, -0.2) is 8.78 Å². The van der Waals surface area contributed by atoms with Crippen LogP contribution in [0.5, 0.6) is 0 Å². The number of nitrogen functional groups attached to an aromatic ring is 1. The minimum atomic E-state index is -1.89. The molecule has 0 unspecified atom stereocenters. The lowest BCUT2D eigenvalue weighted by Gasteiger charge is -2.07. The Kier molecular flexibility index (Phi) is 2.25. The number of hydrogen-bond donors (Lipinski definition) is 3. The number of hydrogen-bond acceptors (Lipinski definition) is 3. The smallest absolute Gasteiger partial charge is 0.180 e. The Bertz CT molecular complexity index is 302. The number of aliphatic hydroxyl groups is 2. The van der Waals surface area contributed by atoms with E-state index in [1.54, 1.807) is 0 Å². The molecule has 5 heteroatoms. The largest absolute Gasteiger partial charge is 0.398 e. The summed E-state index contributed by atoms with van der Waals surface area (Å²) in [6.45, 7) is 0. The lowest BCUT2D eigenvalue weighted by Crippen LogP contribution is -2.03. The lowest BCUT2D eigenvalue weighted by atomic mass is 10.1. The number of nitrogens with two attached hydrogens (primary N) is 1. The summed E-state index contributed by atoms with van der Waals surface area (Å²) >= 11 is 0. The molecule has 3 nitrogen and oxygen atoms in total. The molecule has 12 heavy (non-hydrogen) atoms. The Morgan fingerprint density at radius 3 is 2.17 bits per heavy atom. The molecule has 0 heterocycles. The highest BCUT2D eigenvalue weighted by Crippen LogP contribution is 2.21. The molecule has 0 saturated carbocycles. The van der Waals surface area contributed by atoms with Gasteiger partial charge in [0.1, 0.15) is 0 Å². The van der Waals surface area contributed by atoms with Crippen LogP contribution >= 0.6 is 0 Å². The van der Waals surface area contributed by atoms with Crippen molar-refractivity contribution in [1.29, 1.82) is 0 Å². The number of rotatable bonds is 1. The molecule has 4 N–H and O–H groups in total. The van der Waals surface area contributed by atoms with Gasteiger partial charge in [-0.05, 0) is 6.07 Å². The van der Waals surface area contributed by atoms with E-state index in [0.717, 1.165) is 0 Å². The molecule has 0 aromatic heterocycles. The fourth-order valence-corrected chi connectivity index (χ4v) is 0.801. The van der Waals surface area contributed by atoms with Crippen molar-refractivity contribution in [2.24, 2.45) is 0 Å². The Labute approximate surface area is 67.1 Å². The van der Waals surface area contributed by atoms with Crippen molar-refractivity contribution in [1.82, 2.24) is 0 Å². The van der Waals surface area contributed by atoms with E-state index in [-0.39, 0.29) is 11.3 Å². The zero-order valence-electron chi connectivity index (χ0n) is 5.96. The van der Waals surface area contributed by atoms with Crippen molar-refractivity contribution in [2.45, 2.75) is 6.29 Å². The number of aliphatic hydroxyl groups excluding tert-OH is 1. The Morgan fingerprint density at radius 2 is 1.67 bits per heavy atom. The van der Waals surface area contributed by atoms with Gasteiger partial charge in [-0.1, -0.05) is 0 Å². The molecule has 0 aliphatic carbocycles. The third-order valence-electron chi connectivity index (χ3n) is 1.40. The summed E-state index contributed by atoms with van der Waals surface area (Å²) in [5.74, 6) is -2.27. The van der Waals surface area contributed by atoms with Gasteiger partial charge >= 0.3 is 0 Å². The minimum absolute atomic E-state index is 0.191. The molecule has 66 valence electrons. The quantitative estimate of drug-likeness (QED) is 0.431. The zero-order valence-corrected chi connectivity index (χ0v) is 5.96. The van der Waals surface area contributed by atoms with Gasteiger partial charge in [0.15, 0.2) is 17.9 Å². The van der Waals surface area contributed by atoms with Gasteiger partial charge in [0.2, 0.25) is 0 Å². The number of anilines is 1. The van der Waals surface area contributed by atoms with Gasteiger partial charge in [0.25, 0.3) is 0 Å². The first-order valence-corrected chi connectivity index (χ1v) is 3.13. The summed E-state index contributed by atoms with van der Waals surface area (Å²) < 4.78 is 24.9. The first-order valence-electron chi connectivity index (χ1n) is 3.13. The van der Waals surface area contributed by atoms with E-state index in [4.69, 9.17) is 15.9 Å². The maximum absolute atomic E-state index is 12.5. The molecule has 0 fully saturated rings. The Hall–Kier alpha value is -1.20. The predicted octanol–water partition coefficient (Wildman–Crippen LogP) is 0.530. The summed E-state index contributed by atoms with van der Waals surface area (Å²) in [6, 6.07) is 1.35. The van der Waals surface area contributed by atoms with Gasteiger partial charge in [0, 0.05) is 17.3 Å². The molecule has 0 aliphatic heterocycles. The standard InChI is InChI=1S/C7H7F2NO2/c8-4-1-3(7(11)12)6(10)2-5(4)9/h1-2,7,11-12H,10H2. The zero-order chi connectivity index (χ0) is 9.30. The van der Waals surface area contributed by atoms with E-state index in [9.17, 15) is 8.78 Å². The third-order valence-corrected chi connectivity index (χ3v) is 1.40. The summed E-state index contributed by atoms with van der Waals surface area (Å²) in [5.41, 5.74) is 4.73. The second kappa shape index (κ2) is 3.04. The van der Waals surface area contributed by atoms with Gasteiger partial charge in [-0.3, -0.25) is 0 Å². The molecule has 0 bridgehead atoms. The van der Waals surface area contributed by atoms with Gasteiger partial charge in [-0.15, -0.1) is 0 Å². The third kappa shape index (κ3) is 1.51. The highest BCUT2D eigenvalue weighted by Gasteiger charge is 2.11. The van der Waals surface area contributed by atoms with Crippen LogP contribution in [0.2, 0.25) is 0 Å². The maximum atomic E-state index is 12.5. The van der Waals surface area contributed by atoms with E-state index in [0.29, 0.717) is 12.1 Å². The number of benzene rings is 1. The lowest BCUT2D eigenvalue weighted by molar-refractivity contribution is -0.0421. The fraction of sp³-hybridized carbons (Fsp3) is 0.143. The summed E-state index contributed by atoms with van der Waals surface area (Å²) in [7, 11) is 0. The Balaban J connectivity index is 3.23. The van der Waals surface area contributed by atoms with Crippen LogP contribution in [0.4, 0.5) is 14.5 Å². The highest BCUT2D eigenvalue weighted by atomic mass is 19.2. The second-order valence-corrected chi connectivity index (χ2v) is 2.27. The molecule has 1 aromatic rings. The van der Waals surface area contributed by atoms with Gasteiger partial charge in [0.05, 0.1) is 0 Å². The molecular weight excluding hydrogens is 168 g/mol. The fourth-order valence-electron chi connectivity index (χ4n) is 0.801. The van der Waals surface area contributed by atoms with Crippen molar-refractivity contribution in [3.05, 3.63) is 29.3 Å². The van der Waals surface area contributed by atoms with Gasteiger partial charge < -0.3 is 15.9 Å². The summed E-state index contributed by atoms with van der Waals surface area (Å²) in [4.78, 5) is 0. The van der Waals surface area contributed by atoms with Crippen molar-refractivity contribution in [3.63, 3.8) is 0 Å².